The van der Waals surface area contributed by atoms with Gasteiger partial charge in [-0.1, -0.05) is 0 Å². The van der Waals surface area contributed by atoms with E-state index < -0.39 is 49.4 Å². The third-order valence-electron chi connectivity index (χ3n) is 4.77. The summed E-state index contributed by atoms with van der Waals surface area (Å²) >= 11 is 0.732. The molecule has 1 N–H and O–H groups in total. The second-order valence-electron chi connectivity index (χ2n) is 7.15. The highest BCUT2D eigenvalue weighted by Gasteiger charge is 2.36. The molecule has 3 heterocycles. The number of nitrogens with one attached hydrogen (secondary N) is 1. The van der Waals surface area contributed by atoms with E-state index in [1.807, 2.05) is 0 Å². The van der Waals surface area contributed by atoms with E-state index in [0.717, 1.165) is 17.4 Å². The Balaban J connectivity index is 1.73. The molecule has 1 saturated heterocycles. The molecule has 0 spiro atoms. The predicted octanol–water partition coefficient (Wildman–Crippen LogP) is 4.19. The number of nitrogens with zero attached hydrogens (tertiary/aromatic N) is 2. The van der Waals surface area contributed by atoms with Gasteiger partial charge < -0.3 is 19.7 Å². The molecule has 2 aromatic rings. The van der Waals surface area contributed by atoms with Gasteiger partial charge in [0, 0.05) is 25.0 Å². The van der Waals surface area contributed by atoms with Crippen LogP contribution in [0.15, 0.2) is 11.4 Å². The number of amides is 2. The highest BCUT2D eigenvalue weighted by Crippen LogP contribution is 2.40. The Kier molecular flexibility index (Phi) is 7.75. The van der Waals surface area contributed by atoms with Crippen LogP contribution in [-0.2, 0) is 15.7 Å². The highest BCUT2D eigenvalue weighted by atomic mass is 32.1. The summed E-state index contributed by atoms with van der Waals surface area (Å²) in [6.45, 7) is -1.36. The number of fused-ring (bicyclic) bond motifs is 1. The summed E-state index contributed by atoms with van der Waals surface area (Å²) < 4.78 is 90.5. The predicted molar refractivity (Wildman–Crippen MR) is 107 cm³/mol. The first kappa shape index (κ1) is 25.8. The number of piperidine rings is 1. The zero-order chi connectivity index (χ0) is 25.1. The van der Waals surface area contributed by atoms with Gasteiger partial charge in [0.05, 0.1) is 34.5 Å². The quantitative estimate of drug-likeness (QED) is 0.459. The number of carbonyl (C=O) groups is 2. The van der Waals surface area contributed by atoms with Crippen LogP contribution in [0.5, 0.6) is 5.88 Å². The smallest absolute Gasteiger partial charge is 0.472 e. The fourth-order valence-corrected chi connectivity index (χ4v) is 4.32. The highest BCUT2D eigenvalue weighted by molar-refractivity contribution is 7.17. The van der Waals surface area contributed by atoms with Gasteiger partial charge >= 0.3 is 18.6 Å². The van der Waals surface area contributed by atoms with Gasteiger partial charge in [0.1, 0.15) is 12.7 Å². The van der Waals surface area contributed by atoms with Gasteiger partial charge in [-0.3, -0.25) is 9.53 Å². The van der Waals surface area contributed by atoms with Crippen molar-refractivity contribution >= 4 is 33.6 Å². The molecule has 1 aliphatic rings. The van der Waals surface area contributed by atoms with Crippen molar-refractivity contribution in [2.24, 2.45) is 0 Å². The number of pyridine rings is 1. The molecule has 1 fully saturated rings. The summed E-state index contributed by atoms with van der Waals surface area (Å²) in [5.41, 5.74) is -1.20. The summed E-state index contributed by atoms with van der Waals surface area (Å²) in [5, 5.41) is 3.62. The summed E-state index contributed by atoms with van der Waals surface area (Å²) in [7, 11) is 1.34. The number of likely N-dealkylation sites (tertiary alicyclic amines) is 1. The monoisotopic (exact) mass is 515 g/mol. The van der Waals surface area contributed by atoms with E-state index in [0.29, 0.717) is 12.8 Å². The number of carbonyl (C=O) groups excluding carboxylic acids is 2. The van der Waals surface area contributed by atoms with Crippen molar-refractivity contribution in [2.75, 3.05) is 33.4 Å². The van der Waals surface area contributed by atoms with Gasteiger partial charge in [-0.05, 0) is 12.8 Å². The second-order valence-corrected chi connectivity index (χ2v) is 8.03. The van der Waals surface area contributed by atoms with Crippen LogP contribution < -0.4 is 10.1 Å². The van der Waals surface area contributed by atoms with E-state index in [4.69, 9.17) is 9.47 Å². The van der Waals surface area contributed by atoms with E-state index in [9.17, 15) is 35.9 Å². The molecule has 0 radical (unpaired) electrons. The van der Waals surface area contributed by atoms with Gasteiger partial charge in [-0.15, -0.1) is 24.5 Å². The number of ether oxygens (including phenoxy) is 3. The molecule has 1 unspecified atom stereocenters. The van der Waals surface area contributed by atoms with Crippen molar-refractivity contribution in [3.8, 4) is 5.88 Å². The largest absolute Gasteiger partial charge is 0.522 e. The Morgan fingerprint density at radius 2 is 1.97 bits per heavy atom. The van der Waals surface area contributed by atoms with Crippen molar-refractivity contribution in [1.29, 1.82) is 0 Å². The second kappa shape index (κ2) is 10.2. The lowest BCUT2D eigenvalue weighted by atomic mass is 10.1. The van der Waals surface area contributed by atoms with Crippen molar-refractivity contribution in [2.45, 2.75) is 31.5 Å². The van der Waals surface area contributed by atoms with Gasteiger partial charge in [-0.25, -0.2) is 9.78 Å². The summed E-state index contributed by atoms with van der Waals surface area (Å²) in [6, 6.07) is 0.734. The number of aromatic nitrogens is 1. The molecule has 0 bridgehead atoms. The topological polar surface area (TPSA) is 90.0 Å². The van der Waals surface area contributed by atoms with Crippen molar-refractivity contribution in [3.63, 3.8) is 0 Å². The molecular formula is C19H19F6N3O5S. The molecule has 2 aromatic heterocycles. The molecule has 0 saturated carbocycles. The fourth-order valence-electron chi connectivity index (χ4n) is 3.30. The molecule has 2 amide bonds. The lowest BCUT2D eigenvalue weighted by molar-refractivity contribution is -0.326. The molecule has 1 atom stereocenters. The molecule has 34 heavy (non-hydrogen) atoms. The number of hydrogen-bond donors (Lipinski definition) is 1. The molecule has 188 valence electrons. The number of thiophene rings is 1. The maximum absolute atomic E-state index is 13.6. The first-order valence-electron chi connectivity index (χ1n) is 9.89. The van der Waals surface area contributed by atoms with Gasteiger partial charge in [-0.2, -0.15) is 13.2 Å². The van der Waals surface area contributed by atoms with Crippen LogP contribution in [0.3, 0.4) is 0 Å². The minimum Gasteiger partial charge on any atom is -0.472 e. The minimum absolute atomic E-state index is 0.0339. The van der Waals surface area contributed by atoms with Crippen molar-refractivity contribution in [3.05, 3.63) is 22.6 Å². The van der Waals surface area contributed by atoms with E-state index in [1.165, 1.54) is 17.3 Å². The molecule has 15 heteroatoms. The Morgan fingerprint density at radius 3 is 2.62 bits per heavy atom. The van der Waals surface area contributed by atoms with Crippen LogP contribution in [0.1, 0.15) is 28.8 Å². The summed E-state index contributed by atoms with van der Waals surface area (Å²) in [5.74, 6) is -0.979. The average Bonchev–Trinajstić information content (AvgIpc) is 3.18. The third-order valence-corrected chi connectivity index (χ3v) is 5.78. The Labute approximate surface area is 192 Å². The first-order valence-corrected chi connectivity index (χ1v) is 10.8. The van der Waals surface area contributed by atoms with Gasteiger partial charge in [0.15, 0.2) is 0 Å². The molecule has 3 rings (SSSR count). The fraction of sp³-hybridized carbons (Fsp3) is 0.526. The number of rotatable bonds is 6. The van der Waals surface area contributed by atoms with E-state index in [1.54, 1.807) is 0 Å². The maximum atomic E-state index is 13.6. The lowest BCUT2D eigenvalue weighted by Crippen LogP contribution is -2.45. The zero-order valence-corrected chi connectivity index (χ0v) is 18.4. The summed E-state index contributed by atoms with van der Waals surface area (Å²) in [6.07, 6.45) is -10.4. The van der Waals surface area contributed by atoms with Crippen LogP contribution in [-0.4, -0.2) is 67.7 Å². The maximum Gasteiger partial charge on any atom is 0.522 e. The SMILES string of the molecule is CNC(=O)c1csc2c(C(F)(F)F)cc(OC3CCCN(C(=O)OCCOC(F)(F)F)C3)nc12. The Hall–Kier alpha value is -2.81. The average molecular weight is 515 g/mol. The van der Waals surface area contributed by atoms with E-state index in [2.05, 4.69) is 15.0 Å². The van der Waals surface area contributed by atoms with Crippen molar-refractivity contribution < 1.29 is 50.1 Å². The number of halogens is 6. The van der Waals surface area contributed by atoms with Crippen LogP contribution in [0.2, 0.25) is 0 Å². The minimum atomic E-state index is -4.85. The standard InChI is InChI=1S/C19H19F6N3O5S/c1-26-16(29)11-9-34-15-12(18(20,21)22)7-13(27-14(11)15)33-10-3-2-4-28(8-10)17(30)31-5-6-32-19(23,24)25/h7,9-10H,2-6,8H2,1H3,(H,26,29). The Bertz CT molecular complexity index is 1040. The molecule has 0 aromatic carbocycles. The summed E-state index contributed by atoms with van der Waals surface area (Å²) in [4.78, 5) is 29.4. The third kappa shape index (κ3) is 6.40. The van der Waals surface area contributed by atoms with Crippen LogP contribution in [0.4, 0.5) is 31.1 Å². The molecule has 0 aliphatic carbocycles. The van der Waals surface area contributed by atoms with Crippen molar-refractivity contribution in [1.82, 2.24) is 15.2 Å². The van der Waals surface area contributed by atoms with Crippen LogP contribution in [0.25, 0.3) is 10.2 Å². The first-order chi connectivity index (χ1) is 15.9. The molecular weight excluding hydrogens is 496 g/mol. The van der Waals surface area contributed by atoms with Crippen LogP contribution in [0, 0.1) is 0 Å². The van der Waals surface area contributed by atoms with Crippen LogP contribution >= 0.6 is 11.3 Å². The molecule has 1 aliphatic heterocycles. The van der Waals surface area contributed by atoms with E-state index >= 15 is 0 Å². The van der Waals surface area contributed by atoms with Gasteiger partial charge in [0.25, 0.3) is 5.91 Å². The zero-order valence-electron chi connectivity index (χ0n) is 17.6. The lowest BCUT2D eigenvalue weighted by Gasteiger charge is -2.32. The Morgan fingerprint density at radius 1 is 1.24 bits per heavy atom. The van der Waals surface area contributed by atoms with E-state index in [-0.39, 0.29) is 34.7 Å². The molecule has 8 nitrogen and oxygen atoms in total. The van der Waals surface area contributed by atoms with Gasteiger partial charge in [0.2, 0.25) is 5.88 Å². The number of alkyl halides is 6. The normalized spacial score (nSPS) is 17.0. The number of hydrogen-bond acceptors (Lipinski definition) is 7.